The van der Waals surface area contributed by atoms with Crippen LogP contribution < -0.4 is 10.6 Å². The summed E-state index contributed by atoms with van der Waals surface area (Å²) in [5.74, 6) is -6.18. The Morgan fingerprint density at radius 2 is 1.79 bits per heavy atom. The fraction of sp³-hybridized carbons (Fsp3) is 0.667. The topological polar surface area (TPSA) is 83.0 Å². The van der Waals surface area contributed by atoms with Crippen molar-refractivity contribution in [2.45, 2.75) is 62.3 Å². The lowest BCUT2D eigenvalue weighted by Crippen LogP contribution is -2.51. The highest BCUT2D eigenvalue weighted by atomic mass is 19.4. The molecule has 1 fully saturated rings. The van der Waals surface area contributed by atoms with Crippen LogP contribution >= 0.6 is 0 Å². The standard InChI is InChI=1S/C15H18BF6N5O/c1-6(15(20,21)22)23-11-25-10(26-12(27-11)24-7-2-3-7)8-4-5-13(18,19)14(16,28)9(8)17/h6-7,28H,2-5,16H2,1H3,(H2,23,24,25,26,27)/t6-,14?/m1/s1. The largest absolute Gasteiger partial charge is 0.408 e. The maximum absolute atomic E-state index is 14.6. The summed E-state index contributed by atoms with van der Waals surface area (Å²) in [6, 6.07) is -1.98. The molecule has 1 heterocycles. The average molecular weight is 409 g/mol. The minimum Gasteiger partial charge on any atom is -0.386 e. The maximum atomic E-state index is 14.6. The van der Waals surface area contributed by atoms with E-state index < -0.39 is 54.1 Å². The molecule has 1 aromatic rings. The Balaban J connectivity index is 2.01. The Morgan fingerprint density at radius 1 is 1.18 bits per heavy atom. The summed E-state index contributed by atoms with van der Waals surface area (Å²) < 4.78 is 80.8. The van der Waals surface area contributed by atoms with Crippen LogP contribution in [0.2, 0.25) is 0 Å². The van der Waals surface area contributed by atoms with Crippen molar-refractivity contribution >= 4 is 25.3 Å². The highest BCUT2D eigenvalue weighted by Gasteiger charge is 2.55. The third-order valence-corrected chi connectivity index (χ3v) is 4.75. The summed E-state index contributed by atoms with van der Waals surface area (Å²) in [4.78, 5) is 11.6. The molecule has 0 amide bonds. The van der Waals surface area contributed by atoms with E-state index in [4.69, 9.17) is 0 Å². The molecule has 0 saturated heterocycles. The Bertz CT molecular complexity index is 796. The summed E-state index contributed by atoms with van der Waals surface area (Å²) in [6.07, 6.45) is -4.32. The molecular weight excluding hydrogens is 391 g/mol. The lowest BCUT2D eigenvalue weighted by atomic mass is 9.68. The predicted octanol–water partition coefficient (Wildman–Crippen LogP) is 2.24. The number of nitrogens with zero attached hydrogens (tertiary/aromatic N) is 3. The van der Waals surface area contributed by atoms with Crippen molar-refractivity contribution in [3.63, 3.8) is 0 Å². The van der Waals surface area contributed by atoms with Crippen molar-refractivity contribution in [2.75, 3.05) is 10.6 Å². The summed E-state index contributed by atoms with van der Waals surface area (Å²) in [6.45, 7) is 0.850. The van der Waals surface area contributed by atoms with Gasteiger partial charge in [-0.05, 0) is 26.2 Å². The number of allylic oxidation sites excluding steroid dienone is 1. The molecule has 1 saturated carbocycles. The Kier molecular flexibility index (Phi) is 5.01. The fourth-order valence-electron chi connectivity index (χ4n) is 2.63. The first kappa shape index (κ1) is 20.7. The van der Waals surface area contributed by atoms with Gasteiger partial charge in [-0.15, -0.1) is 0 Å². The zero-order chi connectivity index (χ0) is 20.9. The van der Waals surface area contributed by atoms with Crippen LogP contribution in [0.5, 0.6) is 0 Å². The highest BCUT2D eigenvalue weighted by molar-refractivity contribution is 6.18. The summed E-state index contributed by atoms with van der Waals surface area (Å²) in [5.41, 5.74) is -3.45. The molecule has 3 rings (SSSR count). The van der Waals surface area contributed by atoms with Crippen molar-refractivity contribution in [3.8, 4) is 0 Å². The van der Waals surface area contributed by atoms with E-state index in [0.717, 1.165) is 19.8 Å². The zero-order valence-corrected chi connectivity index (χ0v) is 15.0. The van der Waals surface area contributed by atoms with Crippen LogP contribution in [-0.2, 0) is 0 Å². The van der Waals surface area contributed by atoms with Crippen LogP contribution in [0.1, 0.15) is 38.4 Å². The predicted molar refractivity (Wildman–Crippen MR) is 91.3 cm³/mol. The maximum Gasteiger partial charge on any atom is 0.408 e. The second kappa shape index (κ2) is 6.78. The van der Waals surface area contributed by atoms with Crippen LogP contribution in [0, 0.1) is 0 Å². The molecule has 28 heavy (non-hydrogen) atoms. The Labute approximate surface area is 157 Å². The fourth-order valence-corrected chi connectivity index (χ4v) is 2.63. The van der Waals surface area contributed by atoms with Gasteiger partial charge in [0.1, 0.15) is 17.4 Å². The second-order valence-electron chi connectivity index (χ2n) is 7.20. The summed E-state index contributed by atoms with van der Waals surface area (Å²) >= 11 is 0. The van der Waals surface area contributed by atoms with Gasteiger partial charge in [0.25, 0.3) is 5.92 Å². The first-order valence-electron chi connectivity index (χ1n) is 8.67. The number of rotatable bonds is 5. The lowest BCUT2D eigenvalue weighted by molar-refractivity contribution is -0.138. The zero-order valence-electron chi connectivity index (χ0n) is 15.0. The molecule has 1 aromatic heterocycles. The van der Waals surface area contributed by atoms with Gasteiger partial charge in [-0.3, -0.25) is 0 Å². The lowest BCUT2D eigenvalue weighted by Gasteiger charge is -2.36. The first-order valence-corrected chi connectivity index (χ1v) is 8.67. The minimum atomic E-state index is -4.59. The van der Waals surface area contributed by atoms with E-state index >= 15 is 0 Å². The summed E-state index contributed by atoms with van der Waals surface area (Å²) in [7, 11) is 0.636. The van der Waals surface area contributed by atoms with Crippen molar-refractivity contribution in [3.05, 3.63) is 11.7 Å². The quantitative estimate of drug-likeness (QED) is 0.511. The molecule has 154 valence electrons. The van der Waals surface area contributed by atoms with Gasteiger partial charge in [0.05, 0.1) is 0 Å². The van der Waals surface area contributed by atoms with E-state index in [1.54, 1.807) is 0 Å². The van der Waals surface area contributed by atoms with Crippen LogP contribution in [0.25, 0.3) is 5.57 Å². The number of alkyl halides is 5. The second-order valence-corrected chi connectivity index (χ2v) is 7.20. The number of anilines is 2. The normalized spacial score (nSPS) is 26.1. The third kappa shape index (κ3) is 4.03. The molecule has 13 heteroatoms. The van der Waals surface area contributed by atoms with Crippen molar-refractivity contribution in [2.24, 2.45) is 0 Å². The van der Waals surface area contributed by atoms with Gasteiger partial charge in [-0.2, -0.15) is 28.1 Å². The van der Waals surface area contributed by atoms with Gasteiger partial charge >= 0.3 is 6.18 Å². The van der Waals surface area contributed by atoms with Crippen molar-refractivity contribution in [1.82, 2.24) is 15.0 Å². The van der Waals surface area contributed by atoms with Gasteiger partial charge in [-0.25, -0.2) is 13.2 Å². The van der Waals surface area contributed by atoms with Gasteiger partial charge in [-0.1, -0.05) is 0 Å². The molecule has 0 aromatic carbocycles. The van der Waals surface area contributed by atoms with E-state index in [9.17, 15) is 31.4 Å². The number of halogens is 6. The number of hydrogen-bond acceptors (Lipinski definition) is 6. The molecular formula is C15H18BF6N5O. The number of aromatic nitrogens is 3. The molecule has 2 aliphatic carbocycles. The van der Waals surface area contributed by atoms with Gasteiger partial charge in [0.2, 0.25) is 11.9 Å². The van der Waals surface area contributed by atoms with Crippen LogP contribution in [0.15, 0.2) is 5.83 Å². The third-order valence-electron chi connectivity index (χ3n) is 4.75. The Hall–Kier alpha value is -2.05. The van der Waals surface area contributed by atoms with E-state index in [1.165, 1.54) is 0 Å². The Morgan fingerprint density at radius 3 is 2.36 bits per heavy atom. The molecule has 3 N–H and O–H groups in total. The van der Waals surface area contributed by atoms with Crippen molar-refractivity contribution < 1.29 is 31.4 Å². The summed E-state index contributed by atoms with van der Waals surface area (Å²) in [5, 5.41) is 14.8. The van der Waals surface area contributed by atoms with Crippen LogP contribution in [0.4, 0.5) is 38.2 Å². The van der Waals surface area contributed by atoms with Gasteiger partial charge in [0, 0.05) is 18.0 Å². The van der Waals surface area contributed by atoms with Crippen LogP contribution in [0.3, 0.4) is 0 Å². The minimum absolute atomic E-state index is 0.0285. The van der Waals surface area contributed by atoms with Crippen LogP contribution in [-0.4, -0.2) is 57.6 Å². The monoisotopic (exact) mass is 409 g/mol. The smallest absolute Gasteiger partial charge is 0.386 e. The molecule has 0 aliphatic heterocycles. The molecule has 0 spiro atoms. The number of nitrogens with one attached hydrogen (secondary N) is 2. The molecule has 6 nitrogen and oxygen atoms in total. The van der Waals surface area contributed by atoms with E-state index in [1.807, 2.05) is 0 Å². The number of aliphatic hydroxyl groups is 1. The molecule has 2 aliphatic rings. The SMILES string of the molecule is BC1(O)C(F)=C(c2nc(NC3CC3)nc(N[C@H](C)C(F)(F)F)n2)CCC1(F)F. The first-order chi connectivity index (χ1) is 12.8. The van der Waals surface area contributed by atoms with E-state index in [-0.39, 0.29) is 17.6 Å². The highest BCUT2D eigenvalue weighted by Crippen LogP contribution is 2.46. The molecule has 2 atom stereocenters. The van der Waals surface area contributed by atoms with Gasteiger partial charge < -0.3 is 15.7 Å². The van der Waals surface area contributed by atoms with Crippen molar-refractivity contribution in [1.29, 1.82) is 0 Å². The molecule has 0 radical (unpaired) electrons. The molecule has 1 unspecified atom stereocenters. The van der Waals surface area contributed by atoms with Gasteiger partial charge in [0.15, 0.2) is 13.7 Å². The number of hydrogen-bond donors (Lipinski definition) is 3. The van der Waals surface area contributed by atoms with E-state index in [0.29, 0.717) is 7.85 Å². The van der Waals surface area contributed by atoms with E-state index in [2.05, 4.69) is 25.6 Å². The average Bonchev–Trinajstić information content (AvgIpc) is 3.36. The molecule has 0 bridgehead atoms.